The molecule has 0 heterocycles. The molecule has 2 N–H and O–H groups in total. The maximum absolute atomic E-state index is 9.63. The first-order valence-corrected chi connectivity index (χ1v) is 3.20. The van der Waals surface area contributed by atoms with Crippen LogP contribution in [0.3, 0.4) is 0 Å². The minimum absolute atomic E-state index is 0.924. The topological polar surface area (TPSA) is 87.0 Å². The summed E-state index contributed by atoms with van der Waals surface area (Å²) in [6.45, 7) is 0. The first-order valence-electron chi connectivity index (χ1n) is 1.40. The number of nitroso groups, excluding NO2 is 1. The van der Waals surface area contributed by atoms with Crippen LogP contribution in [-0.4, -0.2) is 16.1 Å². The molecule has 0 spiro atoms. The van der Waals surface area contributed by atoms with Crippen molar-refractivity contribution in [2.75, 3.05) is 6.29 Å². The summed E-state index contributed by atoms with van der Waals surface area (Å²) in [4.78, 5) is 24.7. The van der Waals surface area contributed by atoms with E-state index >= 15 is 0 Å². The third kappa shape index (κ3) is 5.75. The van der Waals surface area contributed by atoms with Gasteiger partial charge in [0, 0.05) is 0 Å². The highest BCUT2D eigenvalue weighted by Gasteiger charge is 2.10. The van der Waals surface area contributed by atoms with Gasteiger partial charge in [-0.25, -0.2) is 0 Å². The lowest BCUT2D eigenvalue weighted by molar-refractivity contribution is 0.374. The Labute approximate surface area is 39.5 Å². The zero-order valence-corrected chi connectivity index (χ0v) is 4.21. The van der Waals surface area contributed by atoms with Gasteiger partial charge in [-0.1, -0.05) is 5.18 Å². The summed E-state index contributed by atoms with van der Waals surface area (Å²) in [7, 11) is -4.14. The summed E-state index contributed by atoms with van der Waals surface area (Å²) < 4.78 is 9.63. The second kappa shape index (κ2) is 2.16. The quantitative estimate of drug-likeness (QED) is 0.398. The summed E-state index contributed by atoms with van der Waals surface area (Å²) in [5.74, 6) is 0. The maximum atomic E-state index is 9.63. The van der Waals surface area contributed by atoms with Gasteiger partial charge in [-0.05, 0) is 0 Å². The normalized spacial score (nSPS) is 11.1. The molecule has 0 aliphatic carbocycles. The van der Waals surface area contributed by atoms with E-state index in [0.29, 0.717) is 0 Å². The van der Waals surface area contributed by atoms with Crippen molar-refractivity contribution in [3.63, 3.8) is 0 Å². The molecule has 0 aromatic heterocycles. The Bertz CT molecular complexity index is 104. The highest BCUT2D eigenvalue weighted by molar-refractivity contribution is 7.51. The van der Waals surface area contributed by atoms with E-state index < -0.39 is 13.9 Å². The van der Waals surface area contributed by atoms with Crippen molar-refractivity contribution in [1.82, 2.24) is 0 Å². The summed E-state index contributed by atoms with van der Waals surface area (Å²) in [6, 6.07) is 0. The van der Waals surface area contributed by atoms with Crippen LogP contribution >= 0.6 is 7.60 Å². The number of nitrogens with zero attached hydrogens (tertiary/aromatic N) is 1. The maximum Gasteiger partial charge on any atom is 0.350 e. The zero-order valence-electron chi connectivity index (χ0n) is 3.31. The molecular formula is CH4NO4P. The fraction of sp³-hybridized carbons (Fsp3) is 1.00. The van der Waals surface area contributed by atoms with Crippen LogP contribution in [0.2, 0.25) is 0 Å². The third-order valence-electron chi connectivity index (χ3n) is 0.242. The van der Waals surface area contributed by atoms with Crippen LogP contribution in [0.1, 0.15) is 0 Å². The summed E-state index contributed by atoms with van der Waals surface area (Å²) in [6.07, 6.45) is -0.924. The molecule has 0 atom stereocenters. The van der Waals surface area contributed by atoms with Crippen molar-refractivity contribution in [3.8, 4) is 0 Å². The predicted molar refractivity (Wildman–Crippen MR) is 22.7 cm³/mol. The molecule has 0 aliphatic rings. The second-order valence-electron chi connectivity index (χ2n) is 0.935. The number of hydrogen-bond acceptors (Lipinski definition) is 3. The molecule has 42 valence electrons. The van der Waals surface area contributed by atoms with E-state index in [4.69, 9.17) is 14.7 Å². The molecule has 0 radical (unpaired) electrons. The lowest BCUT2D eigenvalue weighted by atomic mass is 11.5. The van der Waals surface area contributed by atoms with Crippen LogP contribution in [0.4, 0.5) is 0 Å². The Morgan fingerprint density at radius 1 is 1.57 bits per heavy atom. The highest BCUT2D eigenvalue weighted by Crippen LogP contribution is 2.33. The Morgan fingerprint density at radius 3 is 2.00 bits per heavy atom. The van der Waals surface area contributed by atoms with Crippen LogP contribution in [0.25, 0.3) is 0 Å². The molecule has 7 heavy (non-hydrogen) atoms. The van der Waals surface area contributed by atoms with Gasteiger partial charge in [0.1, 0.15) is 0 Å². The van der Waals surface area contributed by atoms with Crippen molar-refractivity contribution in [2.24, 2.45) is 5.18 Å². The molecular weight excluding hydrogens is 121 g/mol. The third-order valence-corrected chi connectivity index (χ3v) is 0.726. The van der Waals surface area contributed by atoms with Gasteiger partial charge in [-0.2, -0.15) is 4.91 Å². The van der Waals surface area contributed by atoms with E-state index in [9.17, 15) is 4.57 Å². The van der Waals surface area contributed by atoms with Crippen LogP contribution in [0.15, 0.2) is 5.18 Å². The second-order valence-corrected chi connectivity index (χ2v) is 2.55. The SMILES string of the molecule is O=NCP(=O)(O)O. The average Bonchev–Trinajstić information content (AvgIpc) is 1.30. The Balaban J connectivity index is 3.57. The molecule has 0 saturated carbocycles. The predicted octanol–water partition coefficient (Wildman–Crippen LogP) is -0.112. The van der Waals surface area contributed by atoms with Crippen molar-refractivity contribution in [2.45, 2.75) is 0 Å². The number of rotatable bonds is 2. The van der Waals surface area contributed by atoms with Gasteiger partial charge < -0.3 is 9.79 Å². The lowest BCUT2D eigenvalue weighted by Crippen LogP contribution is -1.78. The monoisotopic (exact) mass is 125 g/mol. The van der Waals surface area contributed by atoms with E-state index in [0.717, 1.165) is 0 Å². The summed E-state index contributed by atoms with van der Waals surface area (Å²) in [5, 5.41) is 1.99. The van der Waals surface area contributed by atoms with Gasteiger partial charge >= 0.3 is 7.60 Å². The van der Waals surface area contributed by atoms with Crippen LogP contribution in [0, 0.1) is 4.91 Å². The molecule has 0 bridgehead atoms. The minimum atomic E-state index is -4.14. The van der Waals surface area contributed by atoms with Crippen LogP contribution in [0.5, 0.6) is 0 Å². The Hall–Kier alpha value is -0.250. The molecule has 0 saturated heterocycles. The standard InChI is InChI=1S/CH4NO4P/c3-2-1-7(4,5)6/h1H2,(H2,4,5,6). The summed E-state index contributed by atoms with van der Waals surface area (Å²) in [5.41, 5.74) is 0. The van der Waals surface area contributed by atoms with Gasteiger partial charge in [-0.3, -0.25) is 4.57 Å². The van der Waals surface area contributed by atoms with E-state index in [1.54, 1.807) is 0 Å². The van der Waals surface area contributed by atoms with Gasteiger partial charge in [-0.15, -0.1) is 0 Å². The molecule has 0 rings (SSSR count). The molecule has 0 amide bonds. The van der Waals surface area contributed by atoms with Crippen LogP contribution in [-0.2, 0) is 4.57 Å². The van der Waals surface area contributed by atoms with Crippen molar-refractivity contribution in [1.29, 1.82) is 0 Å². The first-order chi connectivity index (χ1) is 3.06. The average molecular weight is 125 g/mol. The molecule has 0 aliphatic heterocycles. The number of hydrogen-bond donors (Lipinski definition) is 2. The van der Waals surface area contributed by atoms with E-state index in [-0.39, 0.29) is 0 Å². The Morgan fingerprint density at radius 2 is 2.00 bits per heavy atom. The fourth-order valence-corrected chi connectivity index (χ4v) is 0.226. The molecule has 0 unspecified atom stereocenters. The molecule has 5 nitrogen and oxygen atoms in total. The highest BCUT2D eigenvalue weighted by atomic mass is 31.2. The van der Waals surface area contributed by atoms with Gasteiger partial charge in [0.05, 0.1) is 0 Å². The van der Waals surface area contributed by atoms with E-state index in [1.165, 1.54) is 0 Å². The summed E-state index contributed by atoms with van der Waals surface area (Å²) >= 11 is 0. The van der Waals surface area contributed by atoms with Crippen molar-refractivity contribution in [3.05, 3.63) is 4.91 Å². The van der Waals surface area contributed by atoms with Crippen LogP contribution < -0.4 is 0 Å². The molecule has 0 aromatic carbocycles. The first kappa shape index (κ1) is 6.75. The molecule has 0 fully saturated rings. The van der Waals surface area contributed by atoms with Gasteiger partial charge in [0.2, 0.25) is 0 Å². The smallest absolute Gasteiger partial charge is 0.323 e. The van der Waals surface area contributed by atoms with E-state index in [2.05, 4.69) is 0 Å². The van der Waals surface area contributed by atoms with Crippen molar-refractivity contribution >= 4 is 7.60 Å². The Kier molecular flexibility index (Phi) is 2.08. The largest absolute Gasteiger partial charge is 0.350 e. The molecule has 6 heteroatoms. The lowest BCUT2D eigenvalue weighted by Gasteiger charge is -1.90. The van der Waals surface area contributed by atoms with Gasteiger partial charge in [0.15, 0.2) is 6.29 Å². The van der Waals surface area contributed by atoms with E-state index in [1.807, 2.05) is 5.18 Å². The van der Waals surface area contributed by atoms with Crippen molar-refractivity contribution < 1.29 is 14.4 Å². The molecule has 0 aromatic rings. The van der Waals surface area contributed by atoms with Gasteiger partial charge in [0.25, 0.3) is 0 Å². The minimum Gasteiger partial charge on any atom is -0.323 e. The zero-order chi connectivity index (χ0) is 5.91. The fourth-order valence-electron chi connectivity index (χ4n) is 0.0752.